The van der Waals surface area contributed by atoms with Gasteiger partial charge in [-0.1, -0.05) is 18.2 Å². The lowest BCUT2D eigenvalue weighted by Gasteiger charge is -2.37. The number of aliphatic hydroxyl groups is 1. The highest BCUT2D eigenvalue weighted by Crippen LogP contribution is 2.22. The van der Waals surface area contributed by atoms with E-state index < -0.39 is 0 Å². The molecule has 0 aliphatic heterocycles. The maximum atomic E-state index is 9.02. The number of hydrogen-bond acceptors (Lipinski definition) is 2. The van der Waals surface area contributed by atoms with Crippen LogP contribution in [0.1, 0.15) is 20.8 Å². The lowest BCUT2D eigenvalue weighted by atomic mass is 10.0. The fourth-order valence-electron chi connectivity index (χ4n) is 1.56. The van der Waals surface area contributed by atoms with E-state index in [2.05, 4.69) is 37.8 Å². The third-order valence-corrected chi connectivity index (χ3v) is 2.20. The smallest absolute Gasteiger partial charge is 0.0606 e. The quantitative estimate of drug-likeness (QED) is 0.862. The summed E-state index contributed by atoms with van der Waals surface area (Å²) in [5.41, 5.74) is 1.21. The lowest BCUT2D eigenvalue weighted by molar-refractivity contribution is 0.290. The average Bonchev–Trinajstić information content (AvgIpc) is 2.14. The first-order valence-electron chi connectivity index (χ1n) is 4.99. The van der Waals surface area contributed by atoms with E-state index in [1.807, 2.05) is 18.2 Å². The van der Waals surface area contributed by atoms with Gasteiger partial charge in [-0.15, -0.1) is 12.4 Å². The molecular weight excluding hydrogens is 210 g/mol. The Morgan fingerprint density at radius 2 is 1.67 bits per heavy atom. The molecule has 1 N–H and O–H groups in total. The van der Waals surface area contributed by atoms with Crippen molar-refractivity contribution in [2.24, 2.45) is 0 Å². The molecule has 0 atom stereocenters. The van der Waals surface area contributed by atoms with Crippen LogP contribution in [0.4, 0.5) is 5.69 Å². The van der Waals surface area contributed by atoms with Crippen LogP contribution in [0.5, 0.6) is 0 Å². The van der Waals surface area contributed by atoms with Crippen molar-refractivity contribution in [2.45, 2.75) is 26.3 Å². The Morgan fingerprint density at radius 1 is 1.13 bits per heavy atom. The SMILES string of the molecule is CC(C)(C)N(CCO)c1ccccc1.Cl. The maximum absolute atomic E-state index is 9.02. The molecule has 0 radical (unpaired) electrons. The van der Waals surface area contributed by atoms with Gasteiger partial charge in [-0.2, -0.15) is 0 Å². The highest BCUT2D eigenvalue weighted by molar-refractivity contribution is 5.85. The van der Waals surface area contributed by atoms with Gasteiger partial charge >= 0.3 is 0 Å². The highest BCUT2D eigenvalue weighted by atomic mass is 35.5. The zero-order valence-corrected chi connectivity index (χ0v) is 10.4. The molecule has 0 saturated carbocycles. The van der Waals surface area contributed by atoms with Crippen LogP contribution < -0.4 is 4.90 Å². The zero-order chi connectivity index (χ0) is 10.6. The van der Waals surface area contributed by atoms with Crippen LogP contribution >= 0.6 is 12.4 Å². The molecule has 0 unspecified atom stereocenters. The summed E-state index contributed by atoms with van der Waals surface area (Å²) in [6.45, 7) is 7.31. The minimum atomic E-state index is 0. The van der Waals surface area contributed by atoms with E-state index in [0.717, 1.165) is 5.69 Å². The number of benzene rings is 1. The summed E-state index contributed by atoms with van der Waals surface area (Å²) in [4.78, 5) is 2.20. The van der Waals surface area contributed by atoms with Gasteiger partial charge in [-0.3, -0.25) is 0 Å². The molecule has 1 aromatic carbocycles. The number of β-amino-alcohol motifs (C(OH)–C–C–N with tert-alkyl or cyclic N) is 1. The van der Waals surface area contributed by atoms with Gasteiger partial charge in [-0.25, -0.2) is 0 Å². The number of hydrogen-bond donors (Lipinski definition) is 1. The molecule has 0 aliphatic carbocycles. The first-order valence-corrected chi connectivity index (χ1v) is 4.99. The summed E-state index contributed by atoms with van der Waals surface area (Å²) in [5, 5.41) is 9.02. The molecule has 0 aromatic heterocycles. The van der Waals surface area contributed by atoms with Crippen LogP contribution in [0, 0.1) is 0 Å². The summed E-state index contributed by atoms with van der Waals surface area (Å²) in [7, 11) is 0. The van der Waals surface area contributed by atoms with Crippen LogP contribution in [0.2, 0.25) is 0 Å². The Labute approximate surface area is 98.3 Å². The zero-order valence-electron chi connectivity index (χ0n) is 9.60. The van der Waals surface area contributed by atoms with Crippen molar-refractivity contribution in [3.63, 3.8) is 0 Å². The largest absolute Gasteiger partial charge is 0.395 e. The van der Waals surface area contributed by atoms with Gasteiger partial charge < -0.3 is 10.0 Å². The van der Waals surface area contributed by atoms with Crippen LogP contribution in [-0.2, 0) is 0 Å². The van der Waals surface area contributed by atoms with Gasteiger partial charge in [0.15, 0.2) is 0 Å². The summed E-state index contributed by atoms with van der Waals surface area (Å²) in [6.07, 6.45) is 0. The van der Waals surface area contributed by atoms with Gasteiger partial charge in [0.05, 0.1) is 6.61 Å². The molecule has 0 heterocycles. The van der Waals surface area contributed by atoms with E-state index in [1.165, 1.54) is 0 Å². The first kappa shape index (κ1) is 14.3. The number of para-hydroxylation sites is 1. The highest BCUT2D eigenvalue weighted by Gasteiger charge is 2.20. The molecule has 15 heavy (non-hydrogen) atoms. The number of rotatable bonds is 3. The Bertz CT molecular complexity index is 269. The van der Waals surface area contributed by atoms with Crippen molar-refractivity contribution in [3.8, 4) is 0 Å². The second-order valence-electron chi connectivity index (χ2n) is 4.38. The van der Waals surface area contributed by atoms with Gasteiger partial charge in [-0.05, 0) is 32.9 Å². The van der Waals surface area contributed by atoms with Crippen LogP contribution in [0.3, 0.4) is 0 Å². The van der Waals surface area contributed by atoms with Crippen molar-refractivity contribution in [3.05, 3.63) is 30.3 Å². The Morgan fingerprint density at radius 3 is 2.07 bits per heavy atom. The molecule has 1 rings (SSSR count). The Balaban J connectivity index is 0.00000196. The molecule has 1 aromatic rings. The predicted octanol–water partition coefficient (Wildman–Crippen LogP) is 2.71. The predicted molar refractivity (Wildman–Crippen MR) is 67.9 cm³/mol. The maximum Gasteiger partial charge on any atom is 0.0606 e. The molecule has 0 bridgehead atoms. The summed E-state index contributed by atoms with van der Waals surface area (Å²) in [5.74, 6) is 0. The Kier molecular flexibility index (Phi) is 5.69. The van der Waals surface area contributed by atoms with Crippen molar-refractivity contribution in [1.82, 2.24) is 0 Å². The average molecular weight is 230 g/mol. The minimum absolute atomic E-state index is 0. The topological polar surface area (TPSA) is 23.5 Å². The molecule has 2 nitrogen and oxygen atoms in total. The van der Waals surface area contributed by atoms with Crippen molar-refractivity contribution >= 4 is 18.1 Å². The summed E-state index contributed by atoms with van der Waals surface area (Å²) < 4.78 is 0. The fraction of sp³-hybridized carbons (Fsp3) is 0.500. The fourth-order valence-corrected chi connectivity index (χ4v) is 1.56. The third-order valence-electron chi connectivity index (χ3n) is 2.20. The van der Waals surface area contributed by atoms with E-state index in [1.54, 1.807) is 0 Å². The van der Waals surface area contributed by atoms with Gasteiger partial charge in [0.1, 0.15) is 0 Å². The molecule has 0 fully saturated rings. The van der Waals surface area contributed by atoms with Crippen molar-refractivity contribution in [1.29, 1.82) is 0 Å². The Hall–Kier alpha value is -0.730. The second-order valence-corrected chi connectivity index (χ2v) is 4.38. The molecule has 0 aliphatic rings. The normalized spacial score (nSPS) is 10.7. The molecule has 0 amide bonds. The number of halogens is 1. The van der Waals surface area contributed by atoms with Crippen molar-refractivity contribution < 1.29 is 5.11 Å². The molecular formula is C12H20ClNO. The van der Waals surface area contributed by atoms with Crippen LogP contribution in [0.15, 0.2) is 30.3 Å². The number of nitrogens with zero attached hydrogens (tertiary/aromatic N) is 1. The monoisotopic (exact) mass is 229 g/mol. The van der Waals surface area contributed by atoms with E-state index in [-0.39, 0.29) is 24.6 Å². The number of anilines is 1. The number of aliphatic hydroxyl groups excluding tert-OH is 1. The molecule has 86 valence electrons. The van der Waals surface area contributed by atoms with E-state index >= 15 is 0 Å². The summed E-state index contributed by atoms with van der Waals surface area (Å²) >= 11 is 0. The van der Waals surface area contributed by atoms with Gasteiger partial charge in [0.2, 0.25) is 0 Å². The van der Waals surface area contributed by atoms with Crippen LogP contribution in [0.25, 0.3) is 0 Å². The molecule has 0 saturated heterocycles. The van der Waals surface area contributed by atoms with Crippen molar-refractivity contribution in [2.75, 3.05) is 18.1 Å². The van der Waals surface area contributed by atoms with E-state index in [4.69, 9.17) is 5.11 Å². The lowest BCUT2D eigenvalue weighted by Crippen LogP contribution is -2.43. The standard InChI is InChI=1S/C12H19NO.ClH/c1-12(2,3)13(9-10-14)11-7-5-4-6-8-11;/h4-8,14H,9-10H2,1-3H3;1H. The van der Waals surface area contributed by atoms with Gasteiger partial charge in [0.25, 0.3) is 0 Å². The summed E-state index contributed by atoms with van der Waals surface area (Å²) in [6, 6.07) is 10.2. The third kappa shape index (κ3) is 4.10. The molecule has 3 heteroatoms. The first-order chi connectivity index (χ1) is 6.55. The van der Waals surface area contributed by atoms with E-state index in [0.29, 0.717) is 6.54 Å². The second kappa shape index (κ2) is 5.99. The molecule has 0 spiro atoms. The van der Waals surface area contributed by atoms with E-state index in [9.17, 15) is 0 Å². The minimum Gasteiger partial charge on any atom is -0.395 e. The van der Waals surface area contributed by atoms with Gasteiger partial charge in [0, 0.05) is 17.8 Å². The van der Waals surface area contributed by atoms with Crippen LogP contribution in [-0.4, -0.2) is 23.8 Å².